The van der Waals surface area contributed by atoms with Crippen LogP contribution in [0.15, 0.2) is 43.5 Å². The maximum absolute atomic E-state index is 4.60. The molecular formula is C13H13Br2N3S. The molecule has 0 unspecified atom stereocenters. The van der Waals surface area contributed by atoms with Crippen molar-refractivity contribution in [3.63, 3.8) is 0 Å². The Morgan fingerprint density at radius 3 is 2.53 bits per heavy atom. The standard InChI is InChI=1S/C13H13Br2N3S/c1-13(2,3)12-17-9(15)7-10(18-12)19-11-8(14)5-4-6-16-11/h4-7H,1-3H3. The minimum Gasteiger partial charge on any atom is -0.248 e. The molecule has 2 rings (SSSR count). The fraction of sp³-hybridized carbons (Fsp3) is 0.308. The van der Waals surface area contributed by atoms with Crippen LogP contribution in [0.2, 0.25) is 0 Å². The predicted octanol–water partition coefficient (Wildman–Crippen LogP) is 4.85. The third-order valence-corrected chi connectivity index (χ3v) is 4.51. The molecule has 0 aliphatic rings. The molecule has 2 heterocycles. The molecule has 2 aromatic heterocycles. The van der Waals surface area contributed by atoms with Crippen molar-refractivity contribution < 1.29 is 0 Å². The van der Waals surface area contributed by atoms with Gasteiger partial charge in [-0.1, -0.05) is 20.8 Å². The van der Waals surface area contributed by atoms with E-state index in [-0.39, 0.29) is 5.41 Å². The Hall–Kier alpha value is -0.460. The zero-order valence-electron chi connectivity index (χ0n) is 10.8. The van der Waals surface area contributed by atoms with Crippen molar-refractivity contribution in [3.05, 3.63) is 39.3 Å². The van der Waals surface area contributed by atoms with Crippen molar-refractivity contribution in [2.24, 2.45) is 0 Å². The zero-order valence-corrected chi connectivity index (χ0v) is 14.8. The summed E-state index contributed by atoms with van der Waals surface area (Å²) in [7, 11) is 0. The van der Waals surface area contributed by atoms with Gasteiger partial charge in [-0.25, -0.2) is 15.0 Å². The summed E-state index contributed by atoms with van der Waals surface area (Å²) in [6, 6.07) is 5.77. The predicted molar refractivity (Wildman–Crippen MR) is 84.5 cm³/mol. The first-order valence-corrected chi connectivity index (χ1v) is 8.10. The van der Waals surface area contributed by atoms with Crippen LogP contribution in [0.1, 0.15) is 26.6 Å². The fourth-order valence-corrected chi connectivity index (χ4v) is 3.14. The van der Waals surface area contributed by atoms with Crippen LogP contribution in [0, 0.1) is 0 Å². The quantitative estimate of drug-likeness (QED) is 0.673. The lowest BCUT2D eigenvalue weighted by Crippen LogP contribution is -2.16. The average molecular weight is 403 g/mol. The molecule has 3 nitrogen and oxygen atoms in total. The van der Waals surface area contributed by atoms with E-state index >= 15 is 0 Å². The molecule has 100 valence electrons. The van der Waals surface area contributed by atoms with Crippen molar-refractivity contribution >= 4 is 43.6 Å². The number of pyridine rings is 1. The fourth-order valence-electron chi connectivity index (χ4n) is 1.33. The normalized spacial score (nSPS) is 11.6. The molecule has 0 aromatic carbocycles. The van der Waals surface area contributed by atoms with Crippen LogP contribution in [0.4, 0.5) is 0 Å². The van der Waals surface area contributed by atoms with Crippen molar-refractivity contribution in [1.82, 2.24) is 15.0 Å². The molecule has 0 fully saturated rings. The molecule has 19 heavy (non-hydrogen) atoms. The van der Waals surface area contributed by atoms with Crippen LogP contribution in [-0.4, -0.2) is 15.0 Å². The number of nitrogens with zero attached hydrogens (tertiary/aromatic N) is 3. The lowest BCUT2D eigenvalue weighted by atomic mass is 9.96. The molecule has 0 amide bonds. The number of hydrogen-bond donors (Lipinski definition) is 0. The van der Waals surface area contributed by atoms with Gasteiger partial charge < -0.3 is 0 Å². The number of aromatic nitrogens is 3. The van der Waals surface area contributed by atoms with E-state index in [0.717, 1.165) is 25.0 Å². The largest absolute Gasteiger partial charge is 0.248 e. The summed E-state index contributed by atoms with van der Waals surface area (Å²) in [5, 5.41) is 1.78. The smallest absolute Gasteiger partial charge is 0.136 e. The first-order valence-electron chi connectivity index (χ1n) is 5.70. The minimum atomic E-state index is -0.0829. The van der Waals surface area contributed by atoms with E-state index < -0.39 is 0 Å². The Morgan fingerprint density at radius 2 is 1.89 bits per heavy atom. The Bertz CT molecular complexity index is 597. The van der Waals surface area contributed by atoms with Crippen molar-refractivity contribution in [1.29, 1.82) is 0 Å². The third-order valence-electron chi connectivity index (χ3n) is 2.27. The highest BCUT2D eigenvalue weighted by molar-refractivity contribution is 9.10. The van der Waals surface area contributed by atoms with E-state index in [2.05, 4.69) is 67.6 Å². The van der Waals surface area contributed by atoms with Gasteiger partial charge in [0, 0.05) is 17.7 Å². The molecule has 0 spiro atoms. The molecular weight excluding hydrogens is 390 g/mol. The van der Waals surface area contributed by atoms with Crippen LogP contribution in [0.3, 0.4) is 0 Å². The molecule has 0 bridgehead atoms. The summed E-state index contributed by atoms with van der Waals surface area (Å²) in [5.41, 5.74) is -0.0829. The second-order valence-corrected chi connectivity index (χ2v) is 7.67. The zero-order chi connectivity index (χ0) is 14.0. The van der Waals surface area contributed by atoms with Gasteiger partial charge in [0.25, 0.3) is 0 Å². The van der Waals surface area contributed by atoms with E-state index in [1.165, 1.54) is 11.8 Å². The van der Waals surface area contributed by atoms with Gasteiger partial charge in [0.15, 0.2) is 0 Å². The van der Waals surface area contributed by atoms with Crippen molar-refractivity contribution in [2.75, 3.05) is 0 Å². The van der Waals surface area contributed by atoms with E-state index in [9.17, 15) is 0 Å². The summed E-state index contributed by atoms with van der Waals surface area (Å²) >= 11 is 8.45. The monoisotopic (exact) mass is 401 g/mol. The van der Waals surface area contributed by atoms with Gasteiger partial charge in [-0.05, 0) is 55.8 Å². The van der Waals surface area contributed by atoms with Gasteiger partial charge in [-0.3, -0.25) is 0 Å². The molecule has 0 saturated heterocycles. The highest BCUT2D eigenvalue weighted by Gasteiger charge is 2.19. The third kappa shape index (κ3) is 4.00. The number of rotatable bonds is 2. The summed E-state index contributed by atoms with van der Waals surface area (Å²) in [6.07, 6.45) is 1.77. The van der Waals surface area contributed by atoms with Crippen LogP contribution in [-0.2, 0) is 5.41 Å². The van der Waals surface area contributed by atoms with Gasteiger partial charge in [-0.2, -0.15) is 0 Å². The first kappa shape index (κ1) is 14.9. The summed E-state index contributed by atoms with van der Waals surface area (Å²) in [5.74, 6) is 0.816. The Kier molecular flexibility index (Phi) is 4.63. The molecule has 2 aromatic rings. The highest BCUT2D eigenvalue weighted by Crippen LogP contribution is 2.32. The summed E-state index contributed by atoms with van der Waals surface area (Å²) < 4.78 is 1.76. The lowest BCUT2D eigenvalue weighted by Gasteiger charge is -2.17. The highest BCUT2D eigenvalue weighted by atomic mass is 79.9. The molecule has 0 aliphatic heterocycles. The molecule has 0 saturated carbocycles. The van der Waals surface area contributed by atoms with E-state index in [0.29, 0.717) is 0 Å². The Balaban J connectivity index is 2.36. The van der Waals surface area contributed by atoms with Crippen LogP contribution < -0.4 is 0 Å². The summed E-state index contributed by atoms with van der Waals surface area (Å²) in [6.45, 7) is 6.29. The summed E-state index contributed by atoms with van der Waals surface area (Å²) in [4.78, 5) is 13.4. The van der Waals surface area contributed by atoms with Gasteiger partial charge in [0.1, 0.15) is 20.5 Å². The minimum absolute atomic E-state index is 0.0829. The molecule has 0 N–H and O–H groups in total. The van der Waals surface area contributed by atoms with Gasteiger partial charge >= 0.3 is 0 Å². The topological polar surface area (TPSA) is 38.7 Å². The maximum Gasteiger partial charge on any atom is 0.136 e. The average Bonchev–Trinajstić information content (AvgIpc) is 2.30. The molecule has 0 radical (unpaired) electrons. The van der Waals surface area contributed by atoms with Crippen molar-refractivity contribution in [3.8, 4) is 0 Å². The molecule has 6 heteroatoms. The van der Waals surface area contributed by atoms with Gasteiger partial charge in [0.2, 0.25) is 0 Å². The van der Waals surface area contributed by atoms with Crippen LogP contribution in [0.5, 0.6) is 0 Å². The second-order valence-electron chi connectivity index (χ2n) is 4.99. The molecule has 0 aliphatic carbocycles. The number of halogens is 2. The first-order chi connectivity index (χ1) is 8.86. The van der Waals surface area contributed by atoms with E-state index in [4.69, 9.17) is 0 Å². The van der Waals surface area contributed by atoms with E-state index in [1.54, 1.807) is 6.20 Å². The van der Waals surface area contributed by atoms with Gasteiger partial charge in [-0.15, -0.1) is 0 Å². The second kappa shape index (κ2) is 5.89. The van der Waals surface area contributed by atoms with Crippen LogP contribution in [0.25, 0.3) is 0 Å². The Labute approximate surface area is 133 Å². The van der Waals surface area contributed by atoms with Crippen molar-refractivity contribution in [2.45, 2.75) is 36.2 Å². The number of hydrogen-bond acceptors (Lipinski definition) is 4. The SMILES string of the molecule is CC(C)(C)c1nc(Br)cc(Sc2ncccc2Br)n1. The van der Waals surface area contributed by atoms with Gasteiger partial charge in [0.05, 0.1) is 4.47 Å². The lowest BCUT2D eigenvalue weighted by molar-refractivity contribution is 0.536. The molecule has 0 atom stereocenters. The van der Waals surface area contributed by atoms with Crippen LogP contribution >= 0.6 is 43.6 Å². The maximum atomic E-state index is 4.60. The Morgan fingerprint density at radius 1 is 1.16 bits per heavy atom. The van der Waals surface area contributed by atoms with E-state index in [1.807, 2.05) is 18.2 Å².